The molecule has 0 unspecified atom stereocenters. The SMILES string of the molecule is CCOC(=O)CC1(c2ccc(F)cc2)COC1. The third kappa shape index (κ3) is 2.47. The molecule has 1 heterocycles. The molecule has 0 radical (unpaired) electrons. The average molecular weight is 238 g/mol. The number of halogens is 1. The van der Waals surface area contributed by atoms with Gasteiger partial charge in [0.2, 0.25) is 0 Å². The highest BCUT2D eigenvalue weighted by atomic mass is 19.1. The van der Waals surface area contributed by atoms with Crippen molar-refractivity contribution in [2.45, 2.75) is 18.8 Å². The number of benzene rings is 1. The quantitative estimate of drug-likeness (QED) is 0.753. The fraction of sp³-hybridized carbons (Fsp3) is 0.462. The van der Waals surface area contributed by atoms with Crippen LogP contribution in [0.5, 0.6) is 0 Å². The van der Waals surface area contributed by atoms with Gasteiger partial charge in [0.05, 0.1) is 31.7 Å². The van der Waals surface area contributed by atoms with Crippen LogP contribution in [0.4, 0.5) is 4.39 Å². The summed E-state index contributed by atoms with van der Waals surface area (Å²) in [5.74, 6) is -0.514. The third-order valence-electron chi connectivity index (χ3n) is 3.00. The molecule has 0 saturated carbocycles. The molecule has 0 aliphatic carbocycles. The van der Waals surface area contributed by atoms with E-state index in [4.69, 9.17) is 9.47 Å². The minimum atomic E-state index is -0.333. The highest BCUT2D eigenvalue weighted by Gasteiger charge is 2.42. The Morgan fingerprint density at radius 3 is 2.53 bits per heavy atom. The normalized spacial score (nSPS) is 17.3. The van der Waals surface area contributed by atoms with Gasteiger partial charge < -0.3 is 9.47 Å². The molecule has 0 N–H and O–H groups in total. The van der Waals surface area contributed by atoms with Gasteiger partial charge in [0.1, 0.15) is 5.82 Å². The Bertz CT molecular complexity index is 396. The Labute approximate surface area is 99.5 Å². The van der Waals surface area contributed by atoms with E-state index in [-0.39, 0.29) is 23.6 Å². The van der Waals surface area contributed by atoms with Crippen LogP contribution in [0.1, 0.15) is 18.9 Å². The smallest absolute Gasteiger partial charge is 0.306 e. The molecule has 1 fully saturated rings. The molecule has 0 bridgehead atoms. The minimum absolute atomic E-state index is 0.236. The summed E-state index contributed by atoms with van der Waals surface area (Å²) in [6.45, 7) is 3.12. The molecule has 0 atom stereocenters. The average Bonchev–Trinajstić information content (AvgIpc) is 2.25. The van der Waals surface area contributed by atoms with Crippen molar-refractivity contribution in [3.8, 4) is 0 Å². The second-order valence-corrected chi connectivity index (χ2v) is 4.26. The lowest BCUT2D eigenvalue weighted by molar-refractivity contribution is -0.151. The molecule has 4 heteroatoms. The molecule has 0 spiro atoms. The lowest BCUT2D eigenvalue weighted by Crippen LogP contribution is -2.48. The fourth-order valence-corrected chi connectivity index (χ4v) is 2.01. The summed E-state index contributed by atoms with van der Waals surface area (Å²) >= 11 is 0. The van der Waals surface area contributed by atoms with Gasteiger partial charge in [-0.15, -0.1) is 0 Å². The van der Waals surface area contributed by atoms with Gasteiger partial charge in [-0.2, -0.15) is 0 Å². The summed E-state index contributed by atoms with van der Waals surface area (Å²) in [7, 11) is 0. The molecule has 1 aromatic carbocycles. The number of carbonyl (C=O) groups excluding carboxylic acids is 1. The third-order valence-corrected chi connectivity index (χ3v) is 3.00. The highest BCUT2D eigenvalue weighted by Crippen LogP contribution is 2.36. The minimum Gasteiger partial charge on any atom is -0.466 e. The number of hydrogen-bond donors (Lipinski definition) is 0. The van der Waals surface area contributed by atoms with E-state index >= 15 is 0 Å². The zero-order valence-corrected chi connectivity index (χ0v) is 9.74. The molecule has 1 aromatic rings. The molecular formula is C13H15FO3. The summed E-state index contributed by atoms with van der Waals surface area (Å²) in [6.07, 6.45) is 0.284. The predicted octanol–water partition coefficient (Wildman–Crippen LogP) is 2.05. The molecule has 92 valence electrons. The van der Waals surface area contributed by atoms with Crippen LogP contribution >= 0.6 is 0 Å². The van der Waals surface area contributed by atoms with Crippen molar-refractivity contribution >= 4 is 5.97 Å². The van der Waals surface area contributed by atoms with E-state index in [0.717, 1.165) is 5.56 Å². The van der Waals surface area contributed by atoms with Crippen LogP contribution in [0.15, 0.2) is 24.3 Å². The first-order chi connectivity index (χ1) is 8.16. The Morgan fingerprint density at radius 1 is 1.41 bits per heavy atom. The van der Waals surface area contributed by atoms with E-state index in [0.29, 0.717) is 19.8 Å². The summed E-state index contributed by atoms with van der Waals surface area (Å²) in [4.78, 5) is 11.5. The molecule has 17 heavy (non-hydrogen) atoms. The highest BCUT2D eigenvalue weighted by molar-refractivity contribution is 5.71. The van der Waals surface area contributed by atoms with Gasteiger partial charge in [-0.05, 0) is 24.6 Å². The largest absolute Gasteiger partial charge is 0.466 e. The summed E-state index contributed by atoms with van der Waals surface area (Å²) in [5.41, 5.74) is 0.596. The second kappa shape index (κ2) is 4.84. The molecule has 1 aliphatic rings. The van der Waals surface area contributed by atoms with E-state index in [1.165, 1.54) is 12.1 Å². The summed E-state index contributed by atoms with van der Waals surface area (Å²) in [6, 6.07) is 6.22. The molecular weight excluding hydrogens is 223 g/mol. The number of carbonyl (C=O) groups is 1. The first-order valence-corrected chi connectivity index (χ1v) is 5.66. The van der Waals surface area contributed by atoms with Gasteiger partial charge in [0.25, 0.3) is 0 Å². The van der Waals surface area contributed by atoms with Gasteiger partial charge in [-0.3, -0.25) is 4.79 Å². The van der Waals surface area contributed by atoms with Gasteiger partial charge in [0, 0.05) is 0 Å². The predicted molar refractivity (Wildman–Crippen MR) is 60.1 cm³/mol. The van der Waals surface area contributed by atoms with Crippen molar-refractivity contribution in [3.63, 3.8) is 0 Å². The molecule has 3 nitrogen and oxygen atoms in total. The maximum atomic E-state index is 12.9. The van der Waals surface area contributed by atoms with Crippen molar-refractivity contribution in [1.82, 2.24) is 0 Å². The van der Waals surface area contributed by atoms with E-state index in [1.807, 2.05) is 0 Å². The van der Waals surface area contributed by atoms with Gasteiger partial charge >= 0.3 is 5.97 Å². The summed E-state index contributed by atoms with van der Waals surface area (Å²) in [5, 5.41) is 0. The molecule has 0 amide bonds. The maximum Gasteiger partial charge on any atom is 0.306 e. The van der Waals surface area contributed by atoms with Crippen LogP contribution in [0.2, 0.25) is 0 Å². The number of hydrogen-bond acceptors (Lipinski definition) is 3. The van der Waals surface area contributed by atoms with E-state index < -0.39 is 0 Å². The van der Waals surface area contributed by atoms with Crippen molar-refractivity contribution in [1.29, 1.82) is 0 Å². The standard InChI is InChI=1S/C13H15FO3/c1-2-17-12(15)7-13(8-16-9-13)10-3-5-11(14)6-4-10/h3-6H,2,7-9H2,1H3. The van der Waals surface area contributed by atoms with E-state index in [9.17, 15) is 9.18 Å². The van der Waals surface area contributed by atoms with E-state index in [2.05, 4.69) is 0 Å². The second-order valence-electron chi connectivity index (χ2n) is 4.26. The van der Waals surface area contributed by atoms with Gasteiger partial charge in [0.15, 0.2) is 0 Å². The van der Waals surface area contributed by atoms with Crippen molar-refractivity contribution in [2.24, 2.45) is 0 Å². The van der Waals surface area contributed by atoms with Crippen molar-refractivity contribution in [2.75, 3.05) is 19.8 Å². The molecule has 1 saturated heterocycles. The van der Waals surface area contributed by atoms with Crippen LogP contribution in [-0.4, -0.2) is 25.8 Å². The van der Waals surface area contributed by atoms with Gasteiger partial charge in [-0.25, -0.2) is 4.39 Å². The van der Waals surface area contributed by atoms with Crippen molar-refractivity contribution < 1.29 is 18.7 Å². The van der Waals surface area contributed by atoms with Crippen LogP contribution < -0.4 is 0 Å². The monoisotopic (exact) mass is 238 g/mol. The van der Waals surface area contributed by atoms with Crippen LogP contribution in [0, 0.1) is 5.82 Å². The topological polar surface area (TPSA) is 35.5 Å². The van der Waals surface area contributed by atoms with Crippen LogP contribution in [-0.2, 0) is 19.7 Å². The van der Waals surface area contributed by atoms with Crippen molar-refractivity contribution in [3.05, 3.63) is 35.6 Å². The zero-order chi connectivity index (χ0) is 12.3. The Kier molecular flexibility index (Phi) is 3.43. The van der Waals surface area contributed by atoms with Gasteiger partial charge in [-0.1, -0.05) is 12.1 Å². The lowest BCUT2D eigenvalue weighted by atomic mass is 9.76. The van der Waals surface area contributed by atoms with E-state index in [1.54, 1.807) is 19.1 Å². The Hall–Kier alpha value is -1.42. The molecule has 1 aliphatic heterocycles. The van der Waals surface area contributed by atoms with Crippen LogP contribution in [0.3, 0.4) is 0 Å². The molecule has 0 aromatic heterocycles. The maximum absolute atomic E-state index is 12.9. The number of esters is 1. The fourth-order valence-electron chi connectivity index (χ4n) is 2.01. The number of rotatable bonds is 4. The summed E-state index contributed by atoms with van der Waals surface area (Å²) < 4.78 is 23.0. The molecule has 2 rings (SSSR count). The lowest BCUT2D eigenvalue weighted by Gasteiger charge is -2.41. The Morgan fingerprint density at radius 2 is 2.06 bits per heavy atom. The Balaban J connectivity index is 2.14. The zero-order valence-electron chi connectivity index (χ0n) is 9.74. The van der Waals surface area contributed by atoms with Crippen LogP contribution in [0.25, 0.3) is 0 Å². The number of ether oxygens (including phenoxy) is 2. The first kappa shape index (κ1) is 12.0. The first-order valence-electron chi connectivity index (χ1n) is 5.66.